The number of hydrogen-bond donors (Lipinski definition) is 3. The number of piperazine rings is 1. The molecule has 1 saturated heterocycles. The molecule has 0 atom stereocenters. The highest BCUT2D eigenvalue weighted by Gasteiger charge is 2.26. The van der Waals surface area contributed by atoms with E-state index in [-0.39, 0.29) is 17.8 Å². The predicted molar refractivity (Wildman–Crippen MR) is 133 cm³/mol. The van der Waals surface area contributed by atoms with Gasteiger partial charge in [0.2, 0.25) is 0 Å². The van der Waals surface area contributed by atoms with Crippen LogP contribution >= 0.6 is 12.4 Å². The summed E-state index contributed by atoms with van der Waals surface area (Å²) in [4.78, 5) is 22.2. The largest absolute Gasteiger partial charge is 0.478 e. The third-order valence-electron chi connectivity index (χ3n) is 5.51. The van der Waals surface area contributed by atoms with Crippen molar-refractivity contribution in [3.63, 3.8) is 0 Å². The summed E-state index contributed by atoms with van der Waals surface area (Å²) in [6.07, 6.45) is 14.2. The number of rotatable bonds is 5. The second-order valence-electron chi connectivity index (χ2n) is 8.78. The second-order valence-corrected chi connectivity index (χ2v) is 8.78. The molecule has 3 N–H and O–H groups in total. The Hall–Kier alpha value is -2.31. The normalized spacial score (nSPS) is 19.5. The third-order valence-corrected chi connectivity index (χ3v) is 5.51. The second kappa shape index (κ2) is 14.7. The van der Waals surface area contributed by atoms with Crippen LogP contribution < -0.4 is 5.32 Å². The minimum Gasteiger partial charge on any atom is -0.478 e. The first-order chi connectivity index (χ1) is 14.5. The van der Waals surface area contributed by atoms with Gasteiger partial charge in [-0.3, -0.25) is 0 Å². The molecule has 1 amide bonds. The van der Waals surface area contributed by atoms with E-state index in [0.717, 1.165) is 24.2 Å². The Morgan fingerprint density at radius 3 is 2.19 bits per heavy atom. The molecule has 0 aromatic carbocycles. The number of carboxylic acids is 1. The fourth-order valence-electron chi connectivity index (χ4n) is 3.73. The number of nitrogens with one attached hydrogen (secondary N) is 1. The quantitative estimate of drug-likeness (QED) is 0.362. The lowest BCUT2D eigenvalue weighted by Gasteiger charge is -2.32. The van der Waals surface area contributed by atoms with Gasteiger partial charge in [0.1, 0.15) is 0 Å². The lowest BCUT2D eigenvalue weighted by molar-refractivity contribution is -0.131. The van der Waals surface area contributed by atoms with E-state index in [1.54, 1.807) is 13.0 Å². The molecule has 0 saturated carbocycles. The van der Waals surface area contributed by atoms with Gasteiger partial charge in [-0.2, -0.15) is 0 Å². The molecule has 1 aliphatic heterocycles. The van der Waals surface area contributed by atoms with Crippen molar-refractivity contribution < 1.29 is 19.8 Å². The predicted octanol–water partition coefficient (Wildman–Crippen LogP) is 5.59. The molecule has 7 heteroatoms. The van der Waals surface area contributed by atoms with Crippen LogP contribution in [0.4, 0.5) is 4.79 Å². The SMILES string of the molecule is CC(C=CC1=C(C)CCCC1(C)C)=CC=C/C(C)=C\C(=O)O.Cl.O=C(O)N1CCNCC1. The van der Waals surface area contributed by atoms with Crippen molar-refractivity contribution in [3.8, 4) is 0 Å². The molecule has 0 aromatic heterocycles. The Kier molecular flexibility index (Phi) is 13.6. The van der Waals surface area contributed by atoms with Gasteiger partial charge in [-0.25, -0.2) is 9.59 Å². The molecule has 0 spiro atoms. The van der Waals surface area contributed by atoms with Gasteiger partial charge >= 0.3 is 12.1 Å². The number of allylic oxidation sites excluding steroid dienone is 9. The molecule has 0 bridgehead atoms. The van der Waals surface area contributed by atoms with E-state index < -0.39 is 12.1 Å². The third kappa shape index (κ3) is 11.3. The smallest absolute Gasteiger partial charge is 0.407 e. The highest BCUT2D eigenvalue weighted by atomic mass is 35.5. The summed E-state index contributed by atoms with van der Waals surface area (Å²) >= 11 is 0. The van der Waals surface area contributed by atoms with Gasteiger partial charge in [0.15, 0.2) is 0 Å². The van der Waals surface area contributed by atoms with Crippen molar-refractivity contribution in [1.29, 1.82) is 0 Å². The summed E-state index contributed by atoms with van der Waals surface area (Å²) in [6, 6.07) is 0. The number of carboxylic acid groups (broad SMARTS) is 2. The van der Waals surface area contributed by atoms with Crippen molar-refractivity contribution in [2.75, 3.05) is 26.2 Å². The molecule has 1 heterocycles. The average Bonchev–Trinajstić information content (AvgIpc) is 2.67. The minimum absolute atomic E-state index is 0. The van der Waals surface area contributed by atoms with Gasteiger partial charge in [0, 0.05) is 32.3 Å². The highest BCUT2D eigenvalue weighted by Crippen LogP contribution is 2.40. The van der Waals surface area contributed by atoms with Crippen LogP contribution in [0.1, 0.15) is 53.9 Å². The maximum absolute atomic E-state index is 10.5. The van der Waals surface area contributed by atoms with Gasteiger partial charge in [0.25, 0.3) is 0 Å². The van der Waals surface area contributed by atoms with Crippen LogP contribution in [-0.2, 0) is 4.79 Å². The van der Waals surface area contributed by atoms with Crippen molar-refractivity contribution in [1.82, 2.24) is 10.2 Å². The number of hydrogen-bond acceptors (Lipinski definition) is 3. The van der Waals surface area contributed by atoms with Crippen LogP contribution in [-0.4, -0.2) is 53.4 Å². The van der Waals surface area contributed by atoms with Crippen molar-refractivity contribution >= 4 is 24.5 Å². The van der Waals surface area contributed by atoms with E-state index in [2.05, 4.69) is 45.2 Å². The minimum atomic E-state index is -0.912. The Labute approximate surface area is 198 Å². The summed E-state index contributed by atoms with van der Waals surface area (Å²) in [6.45, 7) is 13.5. The molecule has 1 aliphatic carbocycles. The molecule has 32 heavy (non-hydrogen) atoms. The van der Waals surface area contributed by atoms with E-state index in [9.17, 15) is 9.59 Å². The highest BCUT2D eigenvalue weighted by molar-refractivity contribution is 5.85. The fraction of sp³-hybridized carbons (Fsp3) is 0.520. The van der Waals surface area contributed by atoms with E-state index >= 15 is 0 Å². The van der Waals surface area contributed by atoms with Crippen LogP contribution in [0.3, 0.4) is 0 Å². The Morgan fingerprint density at radius 1 is 1.06 bits per heavy atom. The molecular weight excluding hydrogens is 428 g/mol. The van der Waals surface area contributed by atoms with Crippen LogP contribution in [0.5, 0.6) is 0 Å². The van der Waals surface area contributed by atoms with Crippen LogP contribution in [0.25, 0.3) is 0 Å². The first-order valence-electron chi connectivity index (χ1n) is 10.9. The van der Waals surface area contributed by atoms with Crippen molar-refractivity contribution in [2.45, 2.75) is 53.9 Å². The lowest BCUT2D eigenvalue weighted by Crippen LogP contribution is -2.45. The average molecular weight is 467 g/mol. The molecular formula is C25H39ClN2O4. The fourth-order valence-corrected chi connectivity index (χ4v) is 3.73. The Morgan fingerprint density at radius 2 is 1.69 bits per heavy atom. The van der Waals surface area contributed by atoms with E-state index in [1.165, 1.54) is 41.4 Å². The lowest BCUT2D eigenvalue weighted by atomic mass is 9.72. The molecule has 180 valence electrons. The number of carbonyl (C=O) groups is 2. The molecule has 1 fully saturated rings. The first kappa shape index (κ1) is 29.7. The Balaban J connectivity index is 0.000000803. The van der Waals surface area contributed by atoms with Crippen LogP contribution in [0.15, 0.2) is 58.7 Å². The summed E-state index contributed by atoms with van der Waals surface area (Å²) in [5.41, 5.74) is 5.09. The zero-order valence-electron chi connectivity index (χ0n) is 20.0. The summed E-state index contributed by atoms with van der Waals surface area (Å²) in [5.74, 6) is -0.912. The van der Waals surface area contributed by atoms with Crippen LogP contribution in [0.2, 0.25) is 0 Å². The zero-order chi connectivity index (χ0) is 23.4. The molecule has 0 aromatic rings. The first-order valence-corrected chi connectivity index (χ1v) is 10.9. The summed E-state index contributed by atoms with van der Waals surface area (Å²) in [5, 5.41) is 20.2. The van der Waals surface area contributed by atoms with Gasteiger partial charge in [-0.05, 0) is 56.6 Å². The van der Waals surface area contributed by atoms with Gasteiger partial charge < -0.3 is 20.4 Å². The molecule has 0 radical (unpaired) electrons. The van der Waals surface area contributed by atoms with E-state index in [0.29, 0.717) is 13.1 Å². The monoisotopic (exact) mass is 466 g/mol. The Bertz CT molecular complexity index is 786. The summed E-state index contributed by atoms with van der Waals surface area (Å²) in [7, 11) is 0. The number of nitrogens with zero attached hydrogens (tertiary/aromatic N) is 1. The summed E-state index contributed by atoms with van der Waals surface area (Å²) < 4.78 is 0. The van der Waals surface area contributed by atoms with Gasteiger partial charge in [-0.1, -0.05) is 55.4 Å². The van der Waals surface area contributed by atoms with Gasteiger partial charge in [-0.15, -0.1) is 12.4 Å². The maximum atomic E-state index is 10.5. The van der Waals surface area contributed by atoms with Gasteiger partial charge in [0.05, 0.1) is 0 Å². The maximum Gasteiger partial charge on any atom is 0.407 e. The standard InChI is InChI=1S/C20H28O2.C5H10N2O2.ClH/c1-15(8-6-9-16(2)14-19(21)22)11-12-18-17(3)10-7-13-20(18,4)5;8-5(9)7-3-1-6-2-4-7;/h6,8-9,11-12,14H,7,10,13H2,1-5H3,(H,21,22);6H,1-4H2,(H,8,9);1H/b9-6?,12-11?,15-8?,16-14-;;. The van der Waals surface area contributed by atoms with Crippen LogP contribution in [0, 0.1) is 5.41 Å². The van der Waals surface area contributed by atoms with E-state index in [1.807, 2.05) is 12.2 Å². The molecule has 2 aliphatic rings. The number of amides is 1. The molecule has 0 unspecified atom stereocenters. The zero-order valence-corrected chi connectivity index (χ0v) is 20.8. The van der Waals surface area contributed by atoms with Crippen molar-refractivity contribution in [3.05, 3.63) is 58.7 Å². The number of aliphatic carboxylic acids is 1. The topological polar surface area (TPSA) is 89.9 Å². The number of halogens is 1. The molecule has 6 nitrogen and oxygen atoms in total. The van der Waals surface area contributed by atoms with E-state index in [4.69, 9.17) is 10.2 Å². The molecule has 2 rings (SSSR count). The van der Waals surface area contributed by atoms with Crippen molar-refractivity contribution in [2.24, 2.45) is 5.41 Å².